The average molecular weight is 418 g/mol. The van der Waals surface area contributed by atoms with Crippen LogP contribution < -0.4 is 9.62 Å². The Kier molecular flexibility index (Phi) is 6.13. The zero-order valence-corrected chi connectivity index (χ0v) is 16.2. The summed E-state index contributed by atoms with van der Waals surface area (Å²) in [6.07, 6.45) is 0. The quantitative estimate of drug-likeness (QED) is 0.610. The molecule has 7 nitrogen and oxygen atoms in total. The van der Waals surface area contributed by atoms with Gasteiger partial charge in [-0.25, -0.2) is 8.42 Å². The number of hydrogen-bond donors (Lipinski definition) is 1. The van der Waals surface area contributed by atoms with Crippen LogP contribution in [0, 0.1) is 17.0 Å². The minimum absolute atomic E-state index is 0. The standard InChI is InChI=1S/C16H16ClN3O4S.ClH/c1-11-14(17)8-13(9-16(11)20(21)22)25(23,24)19-7-6-18-10-12-4-2-3-5-15(12)19;/h2-5,8-9,18H,6-7,10H2,1H3;1H. The molecule has 0 aromatic heterocycles. The van der Waals surface area contributed by atoms with Crippen molar-refractivity contribution in [3.8, 4) is 0 Å². The van der Waals surface area contributed by atoms with E-state index in [1.54, 1.807) is 12.1 Å². The summed E-state index contributed by atoms with van der Waals surface area (Å²) in [5, 5.41) is 14.4. The number of nitro groups is 1. The molecule has 0 atom stereocenters. The minimum atomic E-state index is -3.99. The van der Waals surface area contributed by atoms with Gasteiger partial charge >= 0.3 is 0 Å². The summed E-state index contributed by atoms with van der Waals surface area (Å²) in [5.74, 6) is 0. The topological polar surface area (TPSA) is 92.6 Å². The molecule has 0 saturated heterocycles. The van der Waals surface area contributed by atoms with Crippen LogP contribution >= 0.6 is 24.0 Å². The maximum Gasteiger partial charge on any atom is 0.275 e. The van der Waals surface area contributed by atoms with Crippen molar-refractivity contribution in [3.63, 3.8) is 0 Å². The Morgan fingerprint density at radius 2 is 1.96 bits per heavy atom. The second kappa shape index (κ2) is 7.79. The van der Waals surface area contributed by atoms with E-state index in [1.165, 1.54) is 17.3 Å². The van der Waals surface area contributed by atoms with Crippen LogP contribution in [-0.2, 0) is 16.6 Å². The van der Waals surface area contributed by atoms with Crippen molar-refractivity contribution in [2.45, 2.75) is 18.4 Å². The van der Waals surface area contributed by atoms with Gasteiger partial charge in [-0.1, -0.05) is 29.8 Å². The predicted molar refractivity (Wildman–Crippen MR) is 103 cm³/mol. The van der Waals surface area contributed by atoms with E-state index in [9.17, 15) is 18.5 Å². The maximum absolute atomic E-state index is 13.2. The third kappa shape index (κ3) is 3.64. The molecule has 0 radical (unpaired) electrons. The van der Waals surface area contributed by atoms with E-state index in [4.69, 9.17) is 11.6 Å². The van der Waals surface area contributed by atoms with Crippen LogP contribution in [0.2, 0.25) is 5.02 Å². The number of benzene rings is 2. The Morgan fingerprint density at radius 3 is 2.65 bits per heavy atom. The lowest BCUT2D eigenvalue weighted by atomic mass is 10.2. The molecule has 0 bridgehead atoms. The van der Waals surface area contributed by atoms with E-state index in [-0.39, 0.29) is 40.1 Å². The van der Waals surface area contributed by atoms with Crippen molar-refractivity contribution in [2.24, 2.45) is 0 Å². The van der Waals surface area contributed by atoms with E-state index in [0.29, 0.717) is 18.8 Å². The van der Waals surface area contributed by atoms with E-state index in [1.807, 2.05) is 12.1 Å². The maximum atomic E-state index is 13.2. The summed E-state index contributed by atoms with van der Waals surface area (Å²) in [5.41, 5.74) is 1.33. The van der Waals surface area contributed by atoms with Gasteiger partial charge in [-0.15, -0.1) is 12.4 Å². The first-order valence-corrected chi connectivity index (χ1v) is 9.40. The first-order valence-electron chi connectivity index (χ1n) is 7.58. The fourth-order valence-electron chi connectivity index (χ4n) is 2.78. The zero-order valence-electron chi connectivity index (χ0n) is 13.8. The van der Waals surface area contributed by atoms with Gasteiger partial charge in [0.05, 0.1) is 20.5 Å². The number of sulfonamides is 1. The molecule has 0 amide bonds. The largest absolute Gasteiger partial charge is 0.311 e. The van der Waals surface area contributed by atoms with Gasteiger partial charge in [-0.3, -0.25) is 14.4 Å². The second-order valence-electron chi connectivity index (χ2n) is 5.69. The number of nitrogens with one attached hydrogen (secondary N) is 1. The van der Waals surface area contributed by atoms with Crippen molar-refractivity contribution in [2.75, 3.05) is 17.4 Å². The van der Waals surface area contributed by atoms with Crippen LogP contribution in [0.15, 0.2) is 41.3 Å². The molecule has 10 heteroatoms. The van der Waals surface area contributed by atoms with E-state index in [2.05, 4.69) is 5.32 Å². The summed E-state index contributed by atoms with van der Waals surface area (Å²) < 4.78 is 27.6. The number of rotatable bonds is 3. The van der Waals surface area contributed by atoms with Gasteiger partial charge < -0.3 is 5.32 Å². The van der Waals surface area contributed by atoms with Gasteiger partial charge in [-0.05, 0) is 24.6 Å². The molecule has 2 aromatic carbocycles. The second-order valence-corrected chi connectivity index (χ2v) is 7.96. The van der Waals surface area contributed by atoms with Crippen molar-refractivity contribution in [3.05, 3.63) is 62.7 Å². The van der Waals surface area contributed by atoms with Crippen molar-refractivity contribution >= 4 is 45.4 Å². The van der Waals surface area contributed by atoms with Crippen molar-refractivity contribution in [1.29, 1.82) is 0 Å². The summed E-state index contributed by atoms with van der Waals surface area (Å²) in [6, 6.07) is 9.50. The van der Waals surface area contributed by atoms with Gasteiger partial charge in [0, 0.05) is 31.3 Å². The number of fused-ring (bicyclic) bond motifs is 1. The highest BCUT2D eigenvalue weighted by atomic mass is 35.5. The van der Waals surface area contributed by atoms with Gasteiger partial charge in [-0.2, -0.15) is 0 Å². The lowest BCUT2D eigenvalue weighted by Gasteiger charge is -2.24. The molecule has 0 unspecified atom stereocenters. The Labute approximate surface area is 162 Å². The molecule has 1 N–H and O–H groups in total. The van der Waals surface area contributed by atoms with Crippen LogP contribution in [0.1, 0.15) is 11.1 Å². The molecule has 2 aromatic rings. The van der Waals surface area contributed by atoms with Crippen LogP contribution in [-0.4, -0.2) is 26.4 Å². The number of nitrogens with zero attached hydrogens (tertiary/aromatic N) is 2. The average Bonchev–Trinajstić information content (AvgIpc) is 2.79. The molecular formula is C16H17Cl2N3O4S. The Balaban J connectivity index is 0.00000243. The monoisotopic (exact) mass is 417 g/mol. The smallest absolute Gasteiger partial charge is 0.275 e. The molecule has 0 fully saturated rings. The first kappa shape index (κ1) is 20.4. The fraction of sp³-hybridized carbons (Fsp3) is 0.250. The molecular weight excluding hydrogens is 401 g/mol. The van der Waals surface area contributed by atoms with Gasteiger partial charge in [0.1, 0.15) is 0 Å². The third-order valence-electron chi connectivity index (χ3n) is 4.14. The van der Waals surface area contributed by atoms with E-state index < -0.39 is 14.9 Å². The summed E-state index contributed by atoms with van der Waals surface area (Å²) >= 11 is 6.04. The molecule has 1 aliphatic heterocycles. The number of anilines is 1. The summed E-state index contributed by atoms with van der Waals surface area (Å²) in [7, 11) is -3.99. The highest BCUT2D eigenvalue weighted by molar-refractivity contribution is 7.92. The fourth-order valence-corrected chi connectivity index (χ4v) is 4.61. The lowest BCUT2D eigenvalue weighted by Crippen LogP contribution is -2.34. The Morgan fingerprint density at radius 1 is 1.27 bits per heavy atom. The molecule has 140 valence electrons. The third-order valence-corrected chi connectivity index (χ3v) is 6.33. The Bertz CT molecular complexity index is 951. The van der Waals surface area contributed by atoms with Gasteiger partial charge in [0.2, 0.25) is 0 Å². The molecule has 3 rings (SSSR count). The predicted octanol–water partition coefficient (Wildman–Crippen LogP) is 3.28. The van der Waals surface area contributed by atoms with Crippen molar-refractivity contribution < 1.29 is 13.3 Å². The van der Waals surface area contributed by atoms with Crippen LogP contribution in [0.4, 0.5) is 11.4 Å². The minimum Gasteiger partial charge on any atom is -0.311 e. The highest BCUT2D eigenvalue weighted by Crippen LogP contribution is 2.33. The molecule has 26 heavy (non-hydrogen) atoms. The lowest BCUT2D eigenvalue weighted by molar-refractivity contribution is -0.385. The number of halogens is 2. The van der Waals surface area contributed by atoms with E-state index in [0.717, 1.165) is 11.6 Å². The number of hydrogen-bond acceptors (Lipinski definition) is 5. The SMILES string of the molecule is Cc1c(Cl)cc(S(=O)(=O)N2CCNCc3ccccc32)cc1[N+](=O)[O-].Cl. The van der Waals surface area contributed by atoms with Crippen LogP contribution in [0.3, 0.4) is 0 Å². The first-order chi connectivity index (χ1) is 11.8. The molecule has 1 heterocycles. The number of para-hydroxylation sites is 1. The highest BCUT2D eigenvalue weighted by Gasteiger charge is 2.30. The Hall–Kier alpha value is -1.87. The molecule has 0 aliphatic carbocycles. The van der Waals surface area contributed by atoms with Crippen LogP contribution in [0.5, 0.6) is 0 Å². The summed E-state index contributed by atoms with van der Waals surface area (Å²) in [4.78, 5) is 10.4. The molecule has 0 saturated carbocycles. The summed E-state index contributed by atoms with van der Waals surface area (Å²) in [6.45, 7) is 2.73. The molecule has 1 aliphatic rings. The van der Waals surface area contributed by atoms with Crippen molar-refractivity contribution in [1.82, 2.24) is 5.32 Å². The van der Waals surface area contributed by atoms with Gasteiger partial charge in [0.15, 0.2) is 0 Å². The van der Waals surface area contributed by atoms with E-state index >= 15 is 0 Å². The van der Waals surface area contributed by atoms with Gasteiger partial charge in [0.25, 0.3) is 15.7 Å². The normalized spacial score (nSPS) is 14.2. The zero-order chi connectivity index (χ0) is 18.2. The molecule has 0 spiro atoms. The van der Waals surface area contributed by atoms with Crippen LogP contribution in [0.25, 0.3) is 0 Å². The number of nitro benzene ring substituents is 1.